The molecule has 2 aliphatic carbocycles. The molecule has 2 aromatic rings. The Morgan fingerprint density at radius 1 is 1.00 bits per heavy atom. The van der Waals surface area contributed by atoms with E-state index in [0.29, 0.717) is 17.4 Å². The predicted octanol–water partition coefficient (Wildman–Crippen LogP) is 5.93. The third-order valence-electron chi connectivity index (χ3n) is 5.48. The quantitative estimate of drug-likeness (QED) is 0.458. The number of halogens is 1. The molecule has 0 aromatic heterocycles. The number of fused-ring (bicyclic) bond motifs is 1. The van der Waals surface area contributed by atoms with Gasteiger partial charge in [-0.1, -0.05) is 55.5 Å². The maximum atomic E-state index is 14.6. The summed E-state index contributed by atoms with van der Waals surface area (Å²) in [5.74, 6) is 0.442. The number of nitrogens with zero attached hydrogens (tertiary/aromatic N) is 3. The van der Waals surface area contributed by atoms with Crippen LogP contribution < -0.4 is 9.91 Å². The summed E-state index contributed by atoms with van der Waals surface area (Å²) in [6.07, 6.45) is 14.5. The van der Waals surface area contributed by atoms with Gasteiger partial charge < -0.3 is 4.90 Å². The molecule has 152 valence electrons. The lowest BCUT2D eigenvalue weighted by Crippen LogP contribution is -2.22. The molecule has 0 N–H and O–H groups in total. The van der Waals surface area contributed by atoms with E-state index >= 15 is 0 Å². The van der Waals surface area contributed by atoms with E-state index in [9.17, 15) is 4.39 Å². The van der Waals surface area contributed by atoms with Gasteiger partial charge in [0.15, 0.2) is 0 Å². The van der Waals surface area contributed by atoms with Gasteiger partial charge in [-0.2, -0.15) is 5.10 Å². The maximum absolute atomic E-state index is 14.6. The highest BCUT2D eigenvalue weighted by atomic mass is 19.1. The summed E-state index contributed by atoms with van der Waals surface area (Å²) in [7, 11) is 3.79. The van der Waals surface area contributed by atoms with E-state index in [1.54, 1.807) is 12.3 Å². The number of allylic oxidation sites excluding steroid dienone is 7. The Bertz CT molecular complexity index is 1060. The van der Waals surface area contributed by atoms with E-state index < -0.39 is 0 Å². The molecule has 4 heteroatoms. The summed E-state index contributed by atoms with van der Waals surface area (Å²) >= 11 is 0. The number of hydrogen-bond acceptors (Lipinski definition) is 3. The summed E-state index contributed by atoms with van der Waals surface area (Å²) < 4.78 is 14.6. The first kappa shape index (κ1) is 19.9. The standard InChI is InChI=1S/C26H26FN3/c1-19-15-24(16-20-9-7-8-12-25(19)20)30(22-10-5-4-6-11-22)28-18-21-13-14-23(29(2)3)17-26(21)27/h4-19,25H,1-3H3/b28-18+. The lowest BCUT2D eigenvalue weighted by atomic mass is 9.80. The number of benzene rings is 2. The Hall–Kier alpha value is -3.40. The molecular formula is C26H26FN3. The van der Waals surface area contributed by atoms with Crippen LogP contribution in [-0.2, 0) is 0 Å². The predicted molar refractivity (Wildman–Crippen MR) is 124 cm³/mol. The fourth-order valence-corrected chi connectivity index (χ4v) is 3.79. The van der Waals surface area contributed by atoms with Gasteiger partial charge in [0.25, 0.3) is 0 Å². The molecule has 0 heterocycles. The normalized spacial score (nSPS) is 20.0. The van der Waals surface area contributed by atoms with Crippen molar-refractivity contribution in [3.63, 3.8) is 0 Å². The zero-order chi connectivity index (χ0) is 21.1. The zero-order valence-corrected chi connectivity index (χ0v) is 17.5. The van der Waals surface area contributed by atoms with E-state index in [1.807, 2.05) is 60.4 Å². The van der Waals surface area contributed by atoms with Crippen molar-refractivity contribution in [2.24, 2.45) is 16.9 Å². The average Bonchev–Trinajstić information content (AvgIpc) is 2.75. The van der Waals surface area contributed by atoms with Gasteiger partial charge in [-0.15, -0.1) is 0 Å². The number of para-hydroxylation sites is 1. The lowest BCUT2D eigenvalue weighted by Gasteiger charge is -2.30. The lowest BCUT2D eigenvalue weighted by molar-refractivity contribution is 0.575. The van der Waals surface area contributed by atoms with Crippen LogP contribution >= 0.6 is 0 Å². The minimum absolute atomic E-state index is 0.289. The summed E-state index contributed by atoms with van der Waals surface area (Å²) in [5.41, 5.74) is 4.46. The van der Waals surface area contributed by atoms with Gasteiger partial charge in [-0.3, -0.25) is 0 Å². The fourth-order valence-electron chi connectivity index (χ4n) is 3.79. The Kier molecular flexibility index (Phi) is 5.66. The molecule has 30 heavy (non-hydrogen) atoms. The highest BCUT2D eigenvalue weighted by molar-refractivity contribution is 5.82. The van der Waals surface area contributed by atoms with Crippen molar-refractivity contribution in [2.75, 3.05) is 24.0 Å². The van der Waals surface area contributed by atoms with Gasteiger partial charge in [0.05, 0.1) is 17.6 Å². The zero-order valence-electron chi connectivity index (χ0n) is 17.5. The SMILES string of the molecule is CC1C=C(N(/N=C/c2ccc(N(C)C)cc2F)c2ccccc2)C=C2C=CC=CC21. The Morgan fingerprint density at radius 3 is 2.53 bits per heavy atom. The first-order valence-corrected chi connectivity index (χ1v) is 10.2. The number of anilines is 2. The van der Waals surface area contributed by atoms with E-state index in [0.717, 1.165) is 17.1 Å². The molecule has 0 spiro atoms. The van der Waals surface area contributed by atoms with Crippen molar-refractivity contribution in [1.82, 2.24) is 0 Å². The second-order valence-corrected chi connectivity index (χ2v) is 7.86. The minimum atomic E-state index is -0.289. The fraction of sp³-hybridized carbons (Fsp3) is 0.192. The van der Waals surface area contributed by atoms with Gasteiger partial charge in [0, 0.05) is 31.3 Å². The molecule has 0 saturated carbocycles. The highest BCUT2D eigenvalue weighted by Crippen LogP contribution is 2.35. The smallest absolute Gasteiger partial charge is 0.134 e. The van der Waals surface area contributed by atoms with Crippen LogP contribution in [0.5, 0.6) is 0 Å². The van der Waals surface area contributed by atoms with Crippen molar-refractivity contribution >= 4 is 17.6 Å². The number of rotatable bonds is 5. The van der Waals surface area contributed by atoms with Crippen LogP contribution in [-0.4, -0.2) is 20.3 Å². The molecule has 0 fully saturated rings. The van der Waals surface area contributed by atoms with Crippen LogP contribution in [0.3, 0.4) is 0 Å². The first-order chi connectivity index (χ1) is 14.5. The molecule has 2 aromatic carbocycles. The summed E-state index contributed by atoms with van der Waals surface area (Å²) in [6.45, 7) is 2.22. The van der Waals surface area contributed by atoms with Gasteiger partial charge in [0.2, 0.25) is 0 Å². The first-order valence-electron chi connectivity index (χ1n) is 10.2. The monoisotopic (exact) mass is 399 g/mol. The van der Waals surface area contributed by atoms with Crippen molar-refractivity contribution < 1.29 is 4.39 Å². The molecule has 0 radical (unpaired) electrons. The minimum Gasteiger partial charge on any atom is -0.378 e. The second-order valence-electron chi connectivity index (χ2n) is 7.86. The van der Waals surface area contributed by atoms with E-state index in [2.05, 4.69) is 43.4 Å². The summed E-state index contributed by atoms with van der Waals surface area (Å²) in [5, 5.41) is 6.58. The van der Waals surface area contributed by atoms with Crippen molar-refractivity contribution in [1.29, 1.82) is 0 Å². The largest absolute Gasteiger partial charge is 0.378 e. The van der Waals surface area contributed by atoms with Crippen molar-refractivity contribution in [2.45, 2.75) is 6.92 Å². The van der Waals surface area contributed by atoms with Crippen LogP contribution in [0.4, 0.5) is 15.8 Å². The second kappa shape index (κ2) is 8.54. The van der Waals surface area contributed by atoms with Gasteiger partial charge in [-0.05, 0) is 47.9 Å². The maximum Gasteiger partial charge on any atom is 0.134 e. The third kappa shape index (κ3) is 4.13. The van der Waals surface area contributed by atoms with Crippen LogP contribution in [0, 0.1) is 17.7 Å². The molecule has 2 unspecified atom stereocenters. The van der Waals surface area contributed by atoms with Crippen LogP contribution in [0.1, 0.15) is 12.5 Å². The topological polar surface area (TPSA) is 18.8 Å². The molecular weight excluding hydrogens is 373 g/mol. The summed E-state index contributed by atoms with van der Waals surface area (Å²) in [6, 6.07) is 15.1. The molecule has 4 rings (SSSR count). The summed E-state index contributed by atoms with van der Waals surface area (Å²) in [4.78, 5) is 1.88. The molecule has 3 nitrogen and oxygen atoms in total. The Balaban J connectivity index is 1.70. The van der Waals surface area contributed by atoms with E-state index in [1.165, 1.54) is 11.6 Å². The van der Waals surface area contributed by atoms with E-state index in [-0.39, 0.29) is 5.82 Å². The van der Waals surface area contributed by atoms with Crippen LogP contribution in [0.25, 0.3) is 0 Å². The Labute approximate surface area is 177 Å². The van der Waals surface area contributed by atoms with Crippen molar-refractivity contribution in [3.05, 3.63) is 108 Å². The average molecular weight is 400 g/mol. The third-order valence-corrected chi connectivity index (χ3v) is 5.48. The van der Waals surface area contributed by atoms with Gasteiger partial charge in [-0.25, -0.2) is 9.40 Å². The molecule has 0 bridgehead atoms. The molecule has 2 aliphatic rings. The van der Waals surface area contributed by atoms with Gasteiger partial charge >= 0.3 is 0 Å². The molecule has 0 saturated heterocycles. The highest BCUT2D eigenvalue weighted by Gasteiger charge is 2.24. The van der Waals surface area contributed by atoms with Crippen molar-refractivity contribution in [3.8, 4) is 0 Å². The number of hydrazone groups is 1. The number of hydrogen-bond donors (Lipinski definition) is 0. The van der Waals surface area contributed by atoms with Crippen LogP contribution in [0.2, 0.25) is 0 Å². The molecule has 0 aliphatic heterocycles. The molecule has 0 amide bonds. The van der Waals surface area contributed by atoms with Crippen LogP contribution in [0.15, 0.2) is 101 Å². The van der Waals surface area contributed by atoms with E-state index in [4.69, 9.17) is 5.10 Å². The Morgan fingerprint density at radius 2 is 1.80 bits per heavy atom. The van der Waals surface area contributed by atoms with Gasteiger partial charge in [0.1, 0.15) is 5.82 Å². The molecule has 2 atom stereocenters.